The molecule has 36 heavy (non-hydrogen) atoms. The molecule has 3 amide bonds. The molecule has 3 aromatic carbocycles. The zero-order chi connectivity index (χ0) is 25.2. The second-order valence-corrected chi connectivity index (χ2v) is 10.2. The van der Waals surface area contributed by atoms with Crippen molar-refractivity contribution < 1.29 is 9.59 Å². The average Bonchev–Trinajstić information content (AvgIpc) is 2.88. The lowest BCUT2D eigenvalue weighted by molar-refractivity contribution is -0.125. The molecule has 0 aromatic heterocycles. The number of allylic oxidation sites excluding steroid dienone is 1. The van der Waals surface area contributed by atoms with Crippen molar-refractivity contribution >= 4 is 51.0 Å². The van der Waals surface area contributed by atoms with Gasteiger partial charge in [0.1, 0.15) is 0 Å². The second-order valence-electron chi connectivity index (χ2n) is 9.12. The monoisotopic (exact) mass is 499 g/mol. The summed E-state index contributed by atoms with van der Waals surface area (Å²) < 4.78 is 0. The van der Waals surface area contributed by atoms with Crippen molar-refractivity contribution in [3.8, 4) is 0 Å². The van der Waals surface area contributed by atoms with E-state index < -0.39 is 0 Å². The number of thioether (sulfide) groups is 1. The van der Waals surface area contributed by atoms with Crippen LogP contribution in [0.3, 0.4) is 0 Å². The highest BCUT2D eigenvalue weighted by Gasteiger charge is 2.37. The van der Waals surface area contributed by atoms with Crippen molar-refractivity contribution in [2.45, 2.75) is 19.4 Å². The van der Waals surface area contributed by atoms with Crippen LogP contribution < -0.4 is 10.6 Å². The maximum atomic E-state index is 13.1. The number of rotatable bonds is 4. The number of carbonyl (C=O) groups is 2. The van der Waals surface area contributed by atoms with Gasteiger partial charge in [0.05, 0.1) is 23.0 Å². The molecule has 8 heteroatoms. The minimum absolute atomic E-state index is 0.0347. The van der Waals surface area contributed by atoms with Gasteiger partial charge in [0.2, 0.25) is 0 Å². The van der Waals surface area contributed by atoms with E-state index in [0.29, 0.717) is 11.3 Å². The van der Waals surface area contributed by atoms with E-state index in [9.17, 15) is 9.59 Å². The summed E-state index contributed by atoms with van der Waals surface area (Å²) in [5.41, 5.74) is 3.88. The SMILES string of the molecule is CC1=C(C(=O)N(C)C)[C@H](c2ccc(NC(=O)Nc3cccc4ccccc34)cc2)N2CCCSC2=N1. The van der Waals surface area contributed by atoms with Crippen LogP contribution in [0.1, 0.15) is 24.9 Å². The van der Waals surface area contributed by atoms with E-state index in [2.05, 4.69) is 15.5 Å². The molecule has 0 aliphatic carbocycles. The third-order valence-corrected chi connectivity index (χ3v) is 7.49. The van der Waals surface area contributed by atoms with Gasteiger partial charge in [-0.2, -0.15) is 0 Å². The summed E-state index contributed by atoms with van der Waals surface area (Å²) in [5.74, 6) is 0.994. The van der Waals surface area contributed by atoms with Crippen molar-refractivity contribution in [2.24, 2.45) is 4.99 Å². The predicted octanol–water partition coefficient (Wildman–Crippen LogP) is 5.70. The van der Waals surface area contributed by atoms with E-state index in [-0.39, 0.29) is 18.0 Å². The summed E-state index contributed by atoms with van der Waals surface area (Å²) in [4.78, 5) is 34.5. The summed E-state index contributed by atoms with van der Waals surface area (Å²) in [6.07, 6.45) is 1.04. The number of amides is 3. The molecule has 2 aliphatic heterocycles. The molecule has 5 rings (SSSR count). The van der Waals surface area contributed by atoms with Gasteiger partial charge in [-0.05, 0) is 42.5 Å². The fourth-order valence-electron chi connectivity index (χ4n) is 4.70. The first kappa shape index (κ1) is 23.9. The van der Waals surface area contributed by atoms with E-state index in [1.807, 2.05) is 73.7 Å². The van der Waals surface area contributed by atoms with Crippen molar-refractivity contribution in [2.75, 3.05) is 37.0 Å². The summed E-state index contributed by atoms with van der Waals surface area (Å²) in [6.45, 7) is 2.76. The van der Waals surface area contributed by atoms with E-state index in [4.69, 9.17) is 4.99 Å². The standard InChI is InChI=1S/C28H29N5O2S/c1-18-24(26(34)32(2)3)25(33-16-7-17-36-28(33)29-18)20-12-14-21(15-13-20)30-27(35)31-23-11-6-9-19-8-4-5-10-22(19)23/h4-6,8-15,25H,7,16-17H2,1-3H3,(H2,30,31,35)/t25-/m0/s1. The van der Waals surface area contributed by atoms with Gasteiger partial charge in [-0.1, -0.05) is 60.3 Å². The predicted molar refractivity (Wildman–Crippen MR) is 148 cm³/mol. The first-order chi connectivity index (χ1) is 17.4. The molecule has 0 saturated carbocycles. The molecule has 0 radical (unpaired) electrons. The van der Waals surface area contributed by atoms with Crippen LogP contribution in [0.15, 0.2) is 83.0 Å². The largest absolute Gasteiger partial charge is 0.345 e. The molecule has 184 valence electrons. The van der Waals surface area contributed by atoms with Crippen molar-refractivity contribution in [1.82, 2.24) is 9.80 Å². The normalized spacial score (nSPS) is 17.4. The second kappa shape index (κ2) is 10.1. The van der Waals surface area contributed by atoms with Crippen LogP contribution in [0.4, 0.5) is 16.2 Å². The van der Waals surface area contributed by atoms with Crippen molar-refractivity contribution in [3.05, 3.63) is 83.6 Å². The Morgan fingerprint density at radius 2 is 1.75 bits per heavy atom. The Balaban J connectivity index is 1.37. The number of benzene rings is 3. The molecule has 1 fully saturated rings. The summed E-state index contributed by atoms with van der Waals surface area (Å²) in [6, 6.07) is 21.0. The Bertz CT molecular complexity index is 1370. The fourth-order valence-corrected chi connectivity index (χ4v) is 5.72. The number of hydrogen-bond donors (Lipinski definition) is 2. The molecule has 0 bridgehead atoms. The fraction of sp³-hybridized carbons (Fsp3) is 0.250. The zero-order valence-electron chi connectivity index (χ0n) is 20.6. The molecule has 0 unspecified atom stereocenters. The van der Waals surface area contributed by atoms with Crippen LogP contribution in [-0.2, 0) is 4.79 Å². The highest BCUT2D eigenvalue weighted by molar-refractivity contribution is 8.13. The number of fused-ring (bicyclic) bond motifs is 2. The van der Waals surface area contributed by atoms with Gasteiger partial charge in [-0.15, -0.1) is 0 Å². The third kappa shape index (κ3) is 4.68. The maximum Gasteiger partial charge on any atom is 0.323 e. The number of anilines is 2. The maximum absolute atomic E-state index is 13.1. The van der Waals surface area contributed by atoms with Gasteiger partial charge < -0.3 is 20.4 Å². The lowest BCUT2D eigenvalue weighted by atomic mass is 9.93. The quantitative estimate of drug-likeness (QED) is 0.483. The number of aliphatic imine (C=N–C) groups is 1. The van der Waals surface area contributed by atoms with Crippen molar-refractivity contribution in [3.63, 3.8) is 0 Å². The lowest BCUT2D eigenvalue weighted by Gasteiger charge is -2.41. The molecule has 2 N–H and O–H groups in total. The first-order valence-electron chi connectivity index (χ1n) is 12.0. The Morgan fingerprint density at radius 1 is 1.00 bits per heavy atom. The number of carbonyl (C=O) groups excluding carboxylic acids is 2. The van der Waals surface area contributed by atoms with E-state index in [0.717, 1.165) is 51.6 Å². The minimum Gasteiger partial charge on any atom is -0.345 e. The Morgan fingerprint density at radius 3 is 2.53 bits per heavy atom. The molecule has 7 nitrogen and oxygen atoms in total. The number of nitrogens with one attached hydrogen (secondary N) is 2. The number of urea groups is 1. The average molecular weight is 500 g/mol. The van der Waals surface area contributed by atoms with Crippen LogP contribution in [0.2, 0.25) is 0 Å². The van der Waals surface area contributed by atoms with E-state index in [1.54, 1.807) is 30.8 Å². The summed E-state index contributed by atoms with van der Waals surface area (Å²) in [7, 11) is 3.54. The van der Waals surface area contributed by atoms with Gasteiger partial charge in [0.25, 0.3) is 5.91 Å². The van der Waals surface area contributed by atoms with Crippen LogP contribution in [0.5, 0.6) is 0 Å². The number of hydrogen-bond acceptors (Lipinski definition) is 5. The topological polar surface area (TPSA) is 77.0 Å². The Labute approximate surface area is 215 Å². The minimum atomic E-state index is -0.308. The van der Waals surface area contributed by atoms with E-state index >= 15 is 0 Å². The summed E-state index contributed by atoms with van der Waals surface area (Å²) >= 11 is 1.74. The van der Waals surface area contributed by atoms with Gasteiger partial charge in [-0.25, -0.2) is 9.79 Å². The summed E-state index contributed by atoms with van der Waals surface area (Å²) in [5, 5.41) is 8.90. The van der Waals surface area contributed by atoms with Crippen LogP contribution >= 0.6 is 11.8 Å². The number of nitrogens with zero attached hydrogens (tertiary/aromatic N) is 3. The Kier molecular flexibility index (Phi) is 6.69. The Hall–Kier alpha value is -3.78. The molecule has 1 saturated heterocycles. The lowest BCUT2D eigenvalue weighted by Crippen LogP contribution is -2.43. The van der Waals surface area contributed by atoms with Gasteiger partial charge in [-0.3, -0.25) is 4.79 Å². The van der Waals surface area contributed by atoms with E-state index in [1.165, 1.54) is 0 Å². The first-order valence-corrected chi connectivity index (χ1v) is 13.0. The highest BCUT2D eigenvalue weighted by atomic mass is 32.2. The van der Waals surface area contributed by atoms with Gasteiger partial charge in [0, 0.05) is 37.5 Å². The molecule has 1 atom stereocenters. The zero-order valence-corrected chi connectivity index (χ0v) is 21.4. The molecule has 2 heterocycles. The third-order valence-electron chi connectivity index (χ3n) is 6.42. The molecule has 3 aromatic rings. The van der Waals surface area contributed by atoms with Crippen LogP contribution in [-0.4, -0.2) is 53.3 Å². The van der Waals surface area contributed by atoms with Crippen molar-refractivity contribution in [1.29, 1.82) is 0 Å². The molecule has 2 aliphatic rings. The number of amidine groups is 1. The molecule has 0 spiro atoms. The number of likely N-dealkylation sites (N-methyl/N-ethyl adjacent to an activating group) is 1. The highest BCUT2D eigenvalue weighted by Crippen LogP contribution is 2.40. The molecular weight excluding hydrogens is 470 g/mol. The van der Waals surface area contributed by atoms with Crippen LogP contribution in [0.25, 0.3) is 10.8 Å². The van der Waals surface area contributed by atoms with Crippen LogP contribution in [0, 0.1) is 0 Å². The van der Waals surface area contributed by atoms with Gasteiger partial charge in [0.15, 0.2) is 5.17 Å². The van der Waals surface area contributed by atoms with Gasteiger partial charge >= 0.3 is 6.03 Å². The smallest absolute Gasteiger partial charge is 0.323 e. The molecular formula is C28H29N5O2S.